The number of fused-ring (bicyclic) bond motifs is 1. The van der Waals surface area contributed by atoms with E-state index in [-0.39, 0.29) is 18.1 Å². The van der Waals surface area contributed by atoms with E-state index in [0.29, 0.717) is 34.9 Å². The van der Waals surface area contributed by atoms with E-state index in [4.69, 9.17) is 25.8 Å². The summed E-state index contributed by atoms with van der Waals surface area (Å²) < 4.78 is 15.7. The minimum absolute atomic E-state index is 0.0650. The number of carbonyl (C=O) groups excluding carboxylic acids is 3. The molecule has 31 heavy (non-hydrogen) atoms. The Balaban J connectivity index is 1.52. The number of likely N-dealkylation sites (N-methyl/N-ethyl adjacent to an activating group) is 1. The highest BCUT2D eigenvalue weighted by molar-refractivity contribution is 6.31. The fourth-order valence-corrected chi connectivity index (χ4v) is 4.47. The summed E-state index contributed by atoms with van der Waals surface area (Å²) in [5.41, 5.74) is -0.327. The second-order valence-electron chi connectivity index (χ2n) is 7.57. The van der Waals surface area contributed by atoms with Crippen LogP contribution < -0.4 is 9.47 Å². The van der Waals surface area contributed by atoms with Gasteiger partial charge in [0.15, 0.2) is 23.9 Å². The van der Waals surface area contributed by atoms with E-state index in [9.17, 15) is 14.4 Å². The first kappa shape index (κ1) is 21.2. The Labute approximate surface area is 184 Å². The predicted molar refractivity (Wildman–Crippen MR) is 112 cm³/mol. The first-order chi connectivity index (χ1) is 14.9. The molecular weight excluding hydrogens is 422 g/mol. The fraction of sp³-hybridized carbons (Fsp3) is 0.348. The Morgan fingerprint density at radius 3 is 2.68 bits per heavy atom. The van der Waals surface area contributed by atoms with Gasteiger partial charge in [-0.3, -0.25) is 9.59 Å². The van der Waals surface area contributed by atoms with Gasteiger partial charge in [-0.15, -0.1) is 0 Å². The number of hydrogen-bond donors (Lipinski definition) is 0. The molecule has 8 heteroatoms. The molecule has 4 rings (SSSR count). The summed E-state index contributed by atoms with van der Waals surface area (Å²) in [5, 5.41) is 0.426. The first-order valence-corrected chi connectivity index (χ1v) is 10.4. The number of amides is 1. The summed E-state index contributed by atoms with van der Waals surface area (Å²) in [6, 6.07) is 11.7. The molecule has 0 saturated heterocycles. The number of halogens is 1. The highest BCUT2D eigenvalue weighted by atomic mass is 35.5. The van der Waals surface area contributed by atoms with Crippen LogP contribution in [0.5, 0.6) is 11.5 Å². The topological polar surface area (TPSA) is 82.1 Å². The lowest BCUT2D eigenvalue weighted by Crippen LogP contribution is -2.55. The van der Waals surface area contributed by atoms with Crippen LogP contribution >= 0.6 is 11.6 Å². The molecule has 2 aliphatic rings. The Morgan fingerprint density at radius 1 is 1.13 bits per heavy atom. The zero-order chi connectivity index (χ0) is 22.0. The molecule has 1 heterocycles. The molecule has 2 aromatic rings. The van der Waals surface area contributed by atoms with Crippen molar-refractivity contribution in [2.75, 3.05) is 20.4 Å². The summed E-state index contributed by atoms with van der Waals surface area (Å²) in [7, 11) is 1.56. The highest BCUT2D eigenvalue weighted by Crippen LogP contribution is 2.42. The second-order valence-corrected chi connectivity index (χ2v) is 7.97. The predicted octanol–water partition coefficient (Wildman–Crippen LogP) is 3.72. The standard InChI is InChI=1S/C23H22ClNO6/c1-25(23(11-5-4-8-20(23)26)16-6-2-3-7-17(16)24)21(27)13-29-22(28)15-9-10-18-19(12-15)31-14-30-18/h2-3,6-7,9-10,12H,4-5,8,11,13-14H2,1H3/t23-/m1/s1. The Bertz CT molecular complexity index is 1040. The van der Waals surface area contributed by atoms with Gasteiger partial charge in [0.05, 0.1) is 5.56 Å². The van der Waals surface area contributed by atoms with E-state index < -0.39 is 24.0 Å². The van der Waals surface area contributed by atoms with Crippen LogP contribution in [-0.4, -0.2) is 43.0 Å². The van der Waals surface area contributed by atoms with E-state index in [1.54, 1.807) is 43.4 Å². The van der Waals surface area contributed by atoms with Crippen molar-refractivity contribution in [3.05, 3.63) is 58.6 Å². The van der Waals surface area contributed by atoms with Crippen molar-refractivity contribution >= 4 is 29.3 Å². The third-order valence-corrected chi connectivity index (χ3v) is 6.18. The minimum Gasteiger partial charge on any atom is -0.454 e. The molecule has 7 nitrogen and oxygen atoms in total. The van der Waals surface area contributed by atoms with Gasteiger partial charge in [-0.1, -0.05) is 29.8 Å². The van der Waals surface area contributed by atoms with Crippen molar-refractivity contribution in [3.63, 3.8) is 0 Å². The van der Waals surface area contributed by atoms with Crippen molar-refractivity contribution in [2.45, 2.75) is 31.2 Å². The third-order valence-electron chi connectivity index (χ3n) is 5.85. The maximum Gasteiger partial charge on any atom is 0.338 e. The zero-order valence-electron chi connectivity index (χ0n) is 17.1. The Kier molecular flexibility index (Phi) is 5.87. The van der Waals surface area contributed by atoms with Crippen molar-refractivity contribution in [1.82, 2.24) is 4.90 Å². The normalized spacial score (nSPS) is 19.7. The lowest BCUT2D eigenvalue weighted by atomic mass is 9.74. The maximum atomic E-state index is 13.1. The fourth-order valence-electron chi connectivity index (χ4n) is 4.17. The van der Waals surface area contributed by atoms with Crippen LogP contribution in [0.3, 0.4) is 0 Å². The van der Waals surface area contributed by atoms with Gasteiger partial charge >= 0.3 is 5.97 Å². The van der Waals surface area contributed by atoms with Gasteiger partial charge in [0.25, 0.3) is 5.91 Å². The number of ketones is 1. The number of Topliss-reactive ketones (excluding diaryl/α,β-unsaturated/α-hetero) is 1. The molecule has 1 aliphatic carbocycles. The van der Waals surface area contributed by atoms with Crippen molar-refractivity contribution in [2.24, 2.45) is 0 Å². The van der Waals surface area contributed by atoms with Crippen LogP contribution in [0.4, 0.5) is 0 Å². The smallest absolute Gasteiger partial charge is 0.338 e. The number of esters is 1. The summed E-state index contributed by atoms with van der Waals surface area (Å²) in [5.74, 6) is -0.218. The molecule has 0 unspecified atom stereocenters. The molecule has 1 fully saturated rings. The van der Waals surface area contributed by atoms with E-state index >= 15 is 0 Å². The minimum atomic E-state index is -1.17. The SMILES string of the molecule is CN(C(=O)COC(=O)c1ccc2c(c1)OCO2)[C@@]1(c2ccccc2Cl)CCCCC1=O. The Morgan fingerprint density at radius 2 is 1.90 bits per heavy atom. The monoisotopic (exact) mass is 443 g/mol. The van der Waals surface area contributed by atoms with Crippen LogP contribution in [0.2, 0.25) is 5.02 Å². The number of rotatable bonds is 5. The average Bonchev–Trinajstić information content (AvgIpc) is 3.25. The van der Waals surface area contributed by atoms with E-state index in [0.717, 1.165) is 12.8 Å². The van der Waals surface area contributed by atoms with Gasteiger partial charge in [-0.05, 0) is 43.5 Å². The van der Waals surface area contributed by atoms with Gasteiger partial charge in [0.2, 0.25) is 6.79 Å². The molecule has 0 N–H and O–H groups in total. The molecular formula is C23H22ClNO6. The van der Waals surface area contributed by atoms with Crippen molar-refractivity contribution in [1.29, 1.82) is 0 Å². The Hall–Kier alpha value is -3.06. The average molecular weight is 444 g/mol. The van der Waals surface area contributed by atoms with Gasteiger partial charge in [0.1, 0.15) is 5.54 Å². The summed E-state index contributed by atoms with van der Waals surface area (Å²) in [6.45, 7) is -0.404. The first-order valence-electron chi connectivity index (χ1n) is 10.1. The van der Waals surface area contributed by atoms with Gasteiger partial charge in [-0.2, -0.15) is 0 Å². The number of hydrogen-bond acceptors (Lipinski definition) is 6. The lowest BCUT2D eigenvalue weighted by molar-refractivity contribution is -0.150. The molecule has 1 aliphatic heterocycles. The van der Waals surface area contributed by atoms with Crippen LogP contribution in [0.1, 0.15) is 41.6 Å². The molecule has 1 saturated carbocycles. The summed E-state index contributed by atoms with van der Waals surface area (Å²) in [6.07, 6.45) is 2.38. The quantitative estimate of drug-likeness (QED) is 0.655. The van der Waals surface area contributed by atoms with E-state index in [1.165, 1.54) is 11.0 Å². The number of carbonyl (C=O) groups is 3. The molecule has 0 bridgehead atoms. The molecule has 162 valence electrons. The van der Waals surface area contributed by atoms with Crippen LogP contribution in [0.25, 0.3) is 0 Å². The maximum absolute atomic E-state index is 13.1. The lowest BCUT2D eigenvalue weighted by Gasteiger charge is -2.43. The van der Waals surface area contributed by atoms with Gasteiger partial charge in [-0.25, -0.2) is 4.79 Å². The second kappa shape index (κ2) is 8.59. The summed E-state index contributed by atoms with van der Waals surface area (Å²) >= 11 is 6.42. The highest BCUT2D eigenvalue weighted by Gasteiger charge is 2.48. The zero-order valence-corrected chi connectivity index (χ0v) is 17.8. The molecule has 0 radical (unpaired) electrons. The largest absolute Gasteiger partial charge is 0.454 e. The summed E-state index contributed by atoms with van der Waals surface area (Å²) in [4.78, 5) is 39.9. The molecule has 0 aromatic heterocycles. The molecule has 1 amide bonds. The molecule has 2 aromatic carbocycles. The van der Waals surface area contributed by atoms with Crippen molar-refractivity contribution in [3.8, 4) is 11.5 Å². The molecule has 0 spiro atoms. The van der Waals surface area contributed by atoms with Crippen LogP contribution in [0, 0.1) is 0 Å². The number of benzene rings is 2. The number of ether oxygens (including phenoxy) is 3. The van der Waals surface area contributed by atoms with E-state index in [1.807, 2.05) is 0 Å². The molecule has 1 atom stereocenters. The number of nitrogens with zero attached hydrogens (tertiary/aromatic N) is 1. The van der Waals surface area contributed by atoms with Crippen LogP contribution in [-0.2, 0) is 19.9 Å². The van der Waals surface area contributed by atoms with Crippen molar-refractivity contribution < 1.29 is 28.6 Å². The van der Waals surface area contributed by atoms with Gasteiger partial charge < -0.3 is 19.1 Å². The van der Waals surface area contributed by atoms with Crippen LogP contribution in [0.15, 0.2) is 42.5 Å². The van der Waals surface area contributed by atoms with E-state index in [2.05, 4.69) is 0 Å². The van der Waals surface area contributed by atoms with Gasteiger partial charge in [0, 0.05) is 24.1 Å². The third kappa shape index (κ3) is 3.85.